The summed E-state index contributed by atoms with van der Waals surface area (Å²) in [5.74, 6) is 0. The second kappa shape index (κ2) is 1.86. The largest absolute Gasteiger partial charge is 0.345 e. The van der Waals surface area contributed by atoms with Crippen molar-refractivity contribution in [2.24, 2.45) is 4.99 Å². The third-order valence-electron chi connectivity index (χ3n) is 1.09. The number of hydrogen-bond acceptors (Lipinski definition) is 2. The zero-order valence-electron chi connectivity index (χ0n) is 4.83. The van der Waals surface area contributed by atoms with Crippen molar-refractivity contribution in [1.29, 1.82) is 5.26 Å². The average molecular weight is 122 g/mol. The maximum Gasteiger partial charge on any atom is 0.345 e. The van der Waals surface area contributed by atoms with Crippen molar-refractivity contribution >= 4 is 12.2 Å². The summed E-state index contributed by atoms with van der Waals surface area (Å²) in [5, 5.41) is 8.29. The molecule has 0 N–H and O–H groups in total. The first-order valence-corrected chi connectivity index (χ1v) is 2.38. The quantitative estimate of drug-likeness (QED) is 0.450. The van der Waals surface area contributed by atoms with E-state index in [1.165, 1.54) is 11.9 Å². The second-order valence-corrected chi connectivity index (χ2v) is 1.67. The van der Waals surface area contributed by atoms with Gasteiger partial charge in [-0.25, -0.2) is 4.79 Å². The molecular formula is C5H4N3O. The van der Waals surface area contributed by atoms with Gasteiger partial charge >= 0.3 is 6.03 Å². The number of aliphatic imine (C=N–C) groups is 1. The molecule has 0 aliphatic carbocycles. The molecule has 0 aromatic heterocycles. The second-order valence-electron chi connectivity index (χ2n) is 1.67. The summed E-state index contributed by atoms with van der Waals surface area (Å²) in [7, 11) is 1.51. The molecule has 1 atom stereocenters. The molecule has 1 radical (unpaired) electrons. The molecule has 0 saturated carbocycles. The Labute approximate surface area is 52.4 Å². The fraction of sp³-hybridized carbons (Fsp3) is 0.400. The number of nitriles is 1. The summed E-state index contributed by atoms with van der Waals surface area (Å²) >= 11 is 0. The number of rotatable bonds is 0. The predicted molar refractivity (Wildman–Crippen MR) is 30.0 cm³/mol. The number of carbonyl (C=O) groups is 1. The highest BCUT2D eigenvalue weighted by atomic mass is 16.2. The molecule has 4 nitrogen and oxygen atoms in total. The van der Waals surface area contributed by atoms with E-state index in [9.17, 15) is 4.79 Å². The van der Waals surface area contributed by atoms with Gasteiger partial charge in [0.25, 0.3) is 0 Å². The van der Waals surface area contributed by atoms with Gasteiger partial charge in [-0.3, -0.25) is 0 Å². The van der Waals surface area contributed by atoms with Gasteiger partial charge in [-0.1, -0.05) is 0 Å². The Morgan fingerprint density at radius 1 is 2.00 bits per heavy atom. The van der Waals surface area contributed by atoms with E-state index in [1.807, 2.05) is 6.07 Å². The van der Waals surface area contributed by atoms with E-state index in [1.54, 1.807) is 0 Å². The van der Waals surface area contributed by atoms with Crippen LogP contribution in [0.25, 0.3) is 0 Å². The lowest BCUT2D eigenvalue weighted by atomic mass is 10.3. The van der Waals surface area contributed by atoms with Crippen LogP contribution >= 0.6 is 0 Å². The molecule has 0 fully saturated rings. The van der Waals surface area contributed by atoms with Crippen molar-refractivity contribution in [3.05, 3.63) is 0 Å². The van der Waals surface area contributed by atoms with Gasteiger partial charge in [0, 0.05) is 7.05 Å². The van der Waals surface area contributed by atoms with E-state index in [0.717, 1.165) is 0 Å². The summed E-state index contributed by atoms with van der Waals surface area (Å²) in [5.41, 5.74) is 0. The van der Waals surface area contributed by atoms with Gasteiger partial charge in [-0.2, -0.15) is 10.3 Å². The first kappa shape index (κ1) is 5.76. The van der Waals surface area contributed by atoms with Crippen LogP contribution in [0.3, 0.4) is 0 Å². The molecule has 4 heteroatoms. The maximum atomic E-state index is 10.5. The molecule has 45 valence electrons. The molecule has 1 unspecified atom stereocenters. The Bertz CT molecular complexity index is 203. The number of carbonyl (C=O) groups excluding carboxylic acids is 1. The van der Waals surface area contributed by atoms with Crippen LogP contribution in [0.1, 0.15) is 0 Å². The first-order chi connectivity index (χ1) is 4.25. The lowest BCUT2D eigenvalue weighted by Crippen LogP contribution is -2.28. The summed E-state index contributed by atoms with van der Waals surface area (Å²) in [6.45, 7) is 0. The topological polar surface area (TPSA) is 56.5 Å². The van der Waals surface area contributed by atoms with Crippen molar-refractivity contribution in [3.8, 4) is 6.07 Å². The molecule has 1 heterocycles. The third kappa shape index (κ3) is 0.765. The van der Waals surface area contributed by atoms with E-state index in [0.29, 0.717) is 0 Å². The fourth-order valence-electron chi connectivity index (χ4n) is 0.508. The van der Waals surface area contributed by atoms with E-state index in [2.05, 4.69) is 11.2 Å². The Balaban J connectivity index is 2.76. The van der Waals surface area contributed by atoms with Crippen molar-refractivity contribution in [1.82, 2.24) is 4.90 Å². The molecule has 0 aromatic rings. The van der Waals surface area contributed by atoms with Gasteiger partial charge < -0.3 is 4.90 Å². The van der Waals surface area contributed by atoms with Crippen LogP contribution in [0, 0.1) is 11.3 Å². The van der Waals surface area contributed by atoms with Gasteiger partial charge in [0.2, 0.25) is 0 Å². The fourth-order valence-corrected chi connectivity index (χ4v) is 0.508. The number of urea groups is 1. The van der Waals surface area contributed by atoms with Gasteiger partial charge in [-0.15, -0.1) is 0 Å². The molecule has 0 aromatic carbocycles. The maximum absolute atomic E-state index is 10.5. The summed E-state index contributed by atoms with van der Waals surface area (Å²) in [6.07, 6.45) is 2.35. The molecule has 1 rings (SSSR count). The van der Waals surface area contributed by atoms with Crippen LogP contribution in [-0.4, -0.2) is 30.2 Å². The molecule has 0 bridgehead atoms. The standard InChI is InChI=1S/C5H4N3O/c1-8-4(2-6)3-7-5(8)9/h4H,1H3. The third-order valence-corrected chi connectivity index (χ3v) is 1.09. The lowest BCUT2D eigenvalue weighted by molar-refractivity contribution is 0.224. The van der Waals surface area contributed by atoms with Crippen molar-refractivity contribution in [2.75, 3.05) is 7.05 Å². The normalized spacial score (nSPS) is 24.7. The molecule has 2 amide bonds. The van der Waals surface area contributed by atoms with Gasteiger partial charge in [0.05, 0.1) is 6.07 Å². The van der Waals surface area contributed by atoms with Crippen molar-refractivity contribution in [3.63, 3.8) is 0 Å². The van der Waals surface area contributed by atoms with Gasteiger partial charge in [0.1, 0.15) is 6.21 Å². The first-order valence-electron chi connectivity index (χ1n) is 2.38. The zero-order valence-corrected chi connectivity index (χ0v) is 4.83. The average Bonchev–Trinajstić information content (AvgIpc) is 2.15. The van der Waals surface area contributed by atoms with Gasteiger partial charge in [0.15, 0.2) is 6.04 Å². The van der Waals surface area contributed by atoms with E-state index in [-0.39, 0.29) is 0 Å². The SMILES string of the molecule is CN1C(=O)N=[C]C1C#N. The minimum absolute atomic E-state index is 0.401. The van der Waals surface area contributed by atoms with Crippen LogP contribution in [0.5, 0.6) is 0 Å². The van der Waals surface area contributed by atoms with Crippen molar-refractivity contribution in [2.45, 2.75) is 6.04 Å². The van der Waals surface area contributed by atoms with Crippen LogP contribution in [0.15, 0.2) is 4.99 Å². The minimum Gasteiger partial charge on any atom is -0.304 e. The highest BCUT2D eigenvalue weighted by Gasteiger charge is 2.23. The Kier molecular flexibility index (Phi) is 1.19. The zero-order chi connectivity index (χ0) is 6.85. The van der Waals surface area contributed by atoms with E-state index in [4.69, 9.17) is 5.26 Å². The molecule has 1 aliphatic heterocycles. The van der Waals surface area contributed by atoms with Crippen molar-refractivity contribution < 1.29 is 4.79 Å². The van der Waals surface area contributed by atoms with E-state index < -0.39 is 12.1 Å². The monoisotopic (exact) mass is 122 g/mol. The number of amides is 2. The molecule has 0 spiro atoms. The summed E-state index contributed by atoms with van der Waals surface area (Å²) in [4.78, 5) is 15.0. The number of nitrogens with zero attached hydrogens (tertiary/aromatic N) is 3. The Hall–Kier alpha value is -1.37. The molecular weight excluding hydrogens is 118 g/mol. The summed E-state index contributed by atoms with van der Waals surface area (Å²) in [6, 6.07) is 0.857. The molecule has 0 saturated heterocycles. The predicted octanol–water partition coefficient (Wildman–Crippen LogP) is -0.108. The summed E-state index contributed by atoms with van der Waals surface area (Å²) < 4.78 is 0. The van der Waals surface area contributed by atoms with Crippen LogP contribution in [-0.2, 0) is 0 Å². The van der Waals surface area contributed by atoms with Gasteiger partial charge in [-0.05, 0) is 0 Å². The highest BCUT2D eigenvalue weighted by molar-refractivity contribution is 5.94. The number of hydrogen-bond donors (Lipinski definition) is 0. The Morgan fingerprint density at radius 3 is 2.89 bits per heavy atom. The minimum atomic E-state index is -0.586. The Morgan fingerprint density at radius 2 is 2.67 bits per heavy atom. The van der Waals surface area contributed by atoms with Crippen LogP contribution < -0.4 is 0 Å². The highest BCUT2D eigenvalue weighted by Crippen LogP contribution is 2.02. The lowest BCUT2D eigenvalue weighted by Gasteiger charge is -2.07. The van der Waals surface area contributed by atoms with Crippen LogP contribution in [0.2, 0.25) is 0 Å². The molecule has 1 aliphatic rings. The van der Waals surface area contributed by atoms with Crippen LogP contribution in [0.4, 0.5) is 4.79 Å². The molecule has 9 heavy (non-hydrogen) atoms. The van der Waals surface area contributed by atoms with E-state index >= 15 is 0 Å². The smallest absolute Gasteiger partial charge is 0.304 e.